The normalized spacial score (nSPS) is 13.5. The number of rotatable bonds is 7. The van der Waals surface area contributed by atoms with E-state index in [9.17, 15) is 9.90 Å². The van der Waals surface area contributed by atoms with Crippen LogP contribution in [-0.4, -0.2) is 41.3 Å². The number of carboxylic acids is 1. The zero-order valence-corrected chi connectivity index (χ0v) is 11.5. The fourth-order valence-electron chi connectivity index (χ4n) is 1.50. The summed E-state index contributed by atoms with van der Waals surface area (Å²) in [6, 6.07) is 0.756. The topological polar surface area (TPSA) is 93.6 Å². The molecule has 19 heavy (non-hydrogen) atoms. The summed E-state index contributed by atoms with van der Waals surface area (Å²) in [5, 5.41) is 12.0. The van der Waals surface area contributed by atoms with Crippen LogP contribution in [-0.2, 0) is 4.79 Å². The second kappa shape index (κ2) is 6.77. The molecule has 106 valence electrons. The van der Waals surface area contributed by atoms with E-state index in [1.807, 2.05) is 13.8 Å². The third-order valence-corrected chi connectivity index (χ3v) is 2.86. The predicted molar refractivity (Wildman–Crippen MR) is 69.6 cm³/mol. The van der Waals surface area contributed by atoms with Crippen LogP contribution >= 0.6 is 0 Å². The van der Waals surface area contributed by atoms with Gasteiger partial charge in [-0.15, -0.1) is 0 Å². The minimum absolute atomic E-state index is 0.0571. The lowest BCUT2D eigenvalue weighted by Gasteiger charge is -2.20. The van der Waals surface area contributed by atoms with Crippen LogP contribution in [0.5, 0.6) is 11.8 Å². The molecule has 0 aliphatic heterocycles. The zero-order chi connectivity index (χ0) is 14.4. The molecule has 0 saturated heterocycles. The van der Waals surface area contributed by atoms with Crippen LogP contribution in [0, 0.1) is 5.92 Å². The van der Waals surface area contributed by atoms with Gasteiger partial charge >= 0.3 is 5.97 Å². The van der Waals surface area contributed by atoms with Crippen molar-refractivity contribution in [2.45, 2.75) is 26.3 Å². The van der Waals surface area contributed by atoms with Gasteiger partial charge in [0.25, 0.3) is 0 Å². The average molecular weight is 269 g/mol. The van der Waals surface area contributed by atoms with E-state index in [2.05, 4.69) is 15.3 Å². The molecule has 2 N–H and O–H groups in total. The molecule has 0 fully saturated rings. The van der Waals surface area contributed by atoms with Gasteiger partial charge in [-0.1, -0.05) is 20.3 Å². The summed E-state index contributed by atoms with van der Waals surface area (Å²) in [5.41, 5.74) is 0. The molecule has 2 atom stereocenters. The third kappa shape index (κ3) is 3.97. The summed E-state index contributed by atoms with van der Waals surface area (Å²) in [6.45, 7) is 3.78. The second-order valence-electron chi connectivity index (χ2n) is 4.12. The summed E-state index contributed by atoms with van der Waals surface area (Å²) >= 11 is 0. The van der Waals surface area contributed by atoms with Crippen molar-refractivity contribution in [3.05, 3.63) is 6.07 Å². The molecule has 0 saturated carbocycles. The molecule has 7 heteroatoms. The molecule has 0 aliphatic carbocycles. The summed E-state index contributed by atoms with van der Waals surface area (Å²) in [6.07, 6.45) is 0.727. The van der Waals surface area contributed by atoms with Crippen LogP contribution in [0.2, 0.25) is 0 Å². The maximum absolute atomic E-state index is 11.2. The standard InChI is InChI=1S/C12H19N3O4/c1-5-7(2)10(11(16)17)15-12-13-8(18-3)6-9(14-12)19-4/h6-7,10H,5H2,1-4H3,(H,16,17)(H,13,14,15)/t7-,10-/m0/s1. The number of carboxylic acid groups (broad SMARTS) is 1. The lowest BCUT2D eigenvalue weighted by molar-refractivity contribution is -0.139. The highest BCUT2D eigenvalue weighted by atomic mass is 16.5. The molecule has 0 amide bonds. The summed E-state index contributed by atoms with van der Waals surface area (Å²) in [5.74, 6) is -0.216. The van der Waals surface area contributed by atoms with Gasteiger partial charge < -0.3 is 19.9 Å². The number of carbonyl (C=O) groups is 1. The number of ether oxygens (including phenoxy) is 2. The molecule has 1 rings (SSSR count). The van der Waals surface area contributed by atoms with Crippen molar-refractivity contribution in [2.75, 3.05) is 19.5 Å². The van der Waals surface area contributed by atoms with Gasteiger partial charge in [-0.05, 0) is 5.92 Å². The van der Waals surface area contributed by atoms with Crippen LogP contribution in [0.15, 0.2) is 6.07 Å². The third-order valence-electron chi connectivity index (χ3n) is 2.86. The largest absolute Gasteiger partial charge is 0.481 e. The number of anilines is 1. The Labute approximate surface area is 112 Å². The first kappa shape index (κ1) is 15.0. The Kier molecular flexibility index (Phi) is 5.35. The molecule has 0 radical (unpaired) electrons. The Morgan fingerprint density at radius 3 is 2.26 bits per heavy atom. The maximum Gasteiger partial charge on any atom is 0.326 e. The molecule has 1 aromatic rings. The van der Waals surface area contributed by atoms with Gasteiger partial charge in [0.05, 0.1) is 20.3 Å². The Balaban J connectivity index is 2.98. The molecular weight excluding hydrogens is 250 g/mol. The lowest BCUT2D eigenvalue weighted by atomic mass is 9.99. The van der Waals surface area contributed by atoms with Gasteiger partial charge in [-0.3, -0.25) is 0 Å². The molecule has 1 aromatic heterocycles. The first-order chi connectivity index (χ1) is 9.01. The number of aliphatic carboxylic acids is 1. The van der Waals surface area contributed by atoms with E-state index in [-0.39, 0.29) is 11.9 Å². The van der Waals surface area contributed by atoms with Gasteiger partial charge in [0, 0.05) is 0 Å². The molecule has 1 heterocycles. The molecule has 0 unspecified atom stereocenters. The van der Waals surface area contributed by atoms with E-state index in [0.717, 1.165) is 6.42 Å². The highest BCUT2D eigenvalue weighted by Gasteiger charge is 2.24. The quantitative estimate of drug-likeness (QED) is 0.772. The number of hydrogen-bond donors (Lipinski definition) is 2. The number of nitrogens with zero attached hydrogens (tertiary/aromatic N) is 2. The number of nitrogens with one attached hydrogen (secondary N) is 1. The van der Waals surface area contributed by atoms with Crippen LogP contribution in [0.4, 0.5) is 5.95 Å². The molecular formula is C12H19N3O4. The van der Waals surface area contributed by atoms with Crippen molar-refractivity contribution < 1.29 is 19.4 Å². The molecule has 0 aromatic carbocycles. The minimum Gasteiger partial charge on any atom is -0.481 e. The van der Waals surface area contributed by atoms with Crippen molar-refractivity contribution >= 4 is 11.9 Å². The summed E-state index contributed by atoms with van der Waals surface area (Å²) < 4.78 is 10.0. The Morgan fingerprint density at radius 2 is 1.89 bits per heavy atom. The van der Waals surface area contributed by atoms with Gasteiger partial charge in [0.1, 0.15) is 6.04 Å². The highest BCUT2D eigenvalue weighted by Crippen LogP contribution is 2.19. The number of methoxy groups -OCH3 is 2. The first-order valence-corrected chi connectivity index (χ1v) is 5.98. The summed E-state index contributed by atoms with van der Waals surface area (Å²) in [4.78, 5) is 19.3. The van der Waals surface area contributed by atoms with Crippen LogP contribution in [0.3, 0.4) is 0 Å². The summed E-state index contributed by atoms with van der Waals surface area (Å²) in [7, 11) is 2.93. The van der Waals surface area contributed by atoms with Crippen molar-refractivity contribution in [1.29, 1.82) is 0 Å². The van der Waals surface area contributed by atoms with Gasteiger partial charge in [0.2, 0.25) is 17.7 Å². The van der Waals surface area contributed by atoms with Crippen molar-refractivity contribution in [3.63, 3.8) is 0 Å². The minimum atomic E-state index is -0.945. The van der Waals surface area contributed by atoms with Gasteiger partial charge in [-0.25, -0.2) is 4.79 Å². The van der Waals surface area contributed by atoms with Crippen LogP contribution in [0.25, 0.3) is 0 Å². The van der Waals surface area contributed by atoms with E-state index in [1.165, 1.54) is 20.3 Å². The molecule has 0 spiro atoms. The number of hydrogen-bond acceptors (Lipinski definition) is 6. The Morgan fingerprint density at radius 1 is 1.37 bits per heavy atom. The average Bonchev–Trinajstić information content (AvgIpc) is 2.43. The van der Waals surface area contributed by atoms with E-state index in [0.29, 0.717) is 11.8 Å². The SMILES string of the molecule is CC[C@H](C)[C@H](Nc1nc(OC)cc(OC)n1)C(=O)O. The monoisotopic (exact) mass is 269 g/mol. The molecule has 0 aliphatic rings. The van der Waals surface area contributed by atoms with Crippen molar-refractivity contribution in [3.8, 4) is 11.8 Å². The Hall–Kier alpha value is -2.05. The smallest absolute Gasteiger partial charge is 0.326 e. The van der Waals surface area contributed by atoms with E-state index < -0.39 is 12.0 Å². The fourth-order valence-corrected chi connectivity index (χ4v) is 1.50. The molecule has 7 nitrogen and oxygen atoms in total. The maximum atomic E-state index is 11.2. The highest BCUT2D eigenvalue weighted by molar-refractivity contribution is 5.76. The van der Waals surface area contributed by atoms with Crippen LogP contribution in [0.1, 0.15) is 20.3 Å². The van der Waals surface area contributed by atoms with E-state index in [1.54, 1.807) is 0 Å². The lowest BCUT2D eigenvalue weighted by Crippen LogP contribution is -2.36. The predicted octanol–water partition coefficient (Wildman–Crippen LogP) is 1.41. The zero-order valence-electron chi connectivity index (χ0n) is 11.5. The van der Waals surface area contributed by atoms with E-state index >= 15 is 0 Å². The van der Waals surface area contributed by atoms with Gasteiger partial charge in [-0.2, -0.15) is 9.97 Å². The fraction of sp³-hybridized carbons (Fsp3) is 0.583. The van der Waals surface area contributed by atoms with Crippen molar-refractivity contribution in [2.24, 2.45) is 5.92 Å². The number of aromatic nitrogens is 2. The van der Waals surface area contributed by atoms with Crippen LogP contribution < -0.4 is 14.8 Å². The van der Waals surface area contributed by atoms with Crippen molar-refractivity contribution in [1.82, 2.24) is 9.97 Å². The molecule has 0 bridgehead atoms. The first-order valence-electron chi connectivity index (χ1n) is 5.98. The Bertz CT molecular complexity index is 417. The van der Waals surface area contributed by atoms with Gasteiger partial charge in [0.15, 0.2) is 0 Å². The second-order valence-corrected chi connectivity index (χ2v) is 4.12. The van der Waals surface area contributed by atoms with E-state index in [4.69, 9.17) is 9.47 Å².